The first kappa shape index (κ1) is 21.8. The lowest BCUT2D eigenvalue weighted by Gasteiger charge is -2.29. The fourth-order valence-electron chi connectivity index (χ4n) is 3.22. The molecule has 1 aromatic rings. The highest BCUT2D eigenvalue weighted by atomic mass is 35.5. The molecule has 25 heavy (non-hydrogen) atoms. The average molecular weight is 379 g/mol. The van der Waals surface area contributed by atoms with Crippen LogP contribution in [0.25, 0.3) is 0 Å². The van der Waals surface area contributed by atoms with Gasteiger partial charge in [0.15, 0.2) is 0 Å². The summed E-state index contributed by atoms with van der Waals surface area (Å²) in [4.78, 5) is 13.9. The fraction of sp³-hybridized carbons (Fsp3) is 0.611. The van der Waals surface area contributed by atoms with Crippen LogP contribution in [0.3, 0.4) is 0 Å². The molecule has 0 spiro atoms. The van der Waals surface area contributed by atoms with Crippen LogP contribution in [0.2, 0.25) is 0 Å². The average Bonchev–Trinajstić information content (AvgIpc) is 2.55. The molecule has 1 atom stereocenters. The van der Waals surface area contributed by atoms with Crippen molar-refractivity contribution in [1.82, 2.24) is 10.2 Å². The first-order valence-electron chi connectivity index (χ1n) is 8.38. The molecule has 1 aliphatic rings. The largest absolute Gasteiger partial charge is 0.416 e. The molecule has 2 rings (SSSR count). The lowest BCUT2D eigenvalue weighted by molar-refractivity contribution is -0.137. The van der Waals surface area contributed by atoms with Gasteiger partial charge >= 0.3 is 6.18 Å². The highest BCUT2D eigenvalue weighted by molar-refractivity contribution is 5.85. The Balaban J connectivity index is 0.00000312. The molecule has 142 valence electrons. The van der Waals surface area contributed by atoms with Crippen molar-refractivity contribution in [2.24, 2.45) is 11.8 Å². The third-order valence-corrected chi connectivity index (χ3v) is 4.78. The van der Waals surface area contributed by atoms with E-state index in [0.29, 0.717) is 23.8 Å². The molecule has 0 aliphatic carbocycles. The first-order valence-corrected chi connectivity index (χ1v) is 8.38. The predicted octanol–water partition coefficient (Wildman–Crippen LogP) is 4.11. The highest BCUT2D eigenvalue weighted by Crippen LogP contribution is 2.30. The number of rotatable bonds is 5. The fourth-order valence-corrected chi connectivity index (χ4v) is 3.22. The van der Waals surface area contributed by atoms with E-state index in [1.165, 1.54) is 11.0 Å². The van der Waals surface area contributed by atoms with Gasteiger partial charge in [0.05, 0.1) is 5.56 Å². The summed E-state index contributed by atoms with van der Waals surface area (Å²) in [5, 5.41) is 3.31. The molecule has 3 nitrogen and oxygen atoms in total. The first-order chi connectivity index (χ1) is 11.3. The zero-order chi connectivity index (χ0) is 17.7. The number of benzene rings is 1. The van der Waals surface area contributed by atoms with Gasteiger partial charge in [-0.1, -0.05) is 19.1 Å². The van der Waals surface area contributed by atoms with E-state index in [4.69, 9.17) is 0 Å². The van der Waals surface area contributed by atoms with Crippen LogP contribution in [0.4, 0.5) is 13.2 Å². The van der Waals surface area contributed by atoms with Crippen LogP contribution >= 0.6 is 12.4 Å². The second-order valence-corrected chi connectivity index (χ2v) is 6.72. The Morgan fingerprint density at radius 1 is 1.32 bits per heavy atom. The van der Waals surface area contributed by atoms with E-state index in [9.17, 15) is 18.0 Å². The molecule has 1 aromatic carbocycles. The van der Waals surface area contributed by atoms with Gasteiger partial charge in [-0.2, -0.15) is 13.2 Å². The summed E-state index contributed by atoms with van der Waals surface area (Å²) in [6.45, 7) is 4.26. The van der Waals surface area contributed by atoms with Crippen molar-refractivity contribution in [3.8, 4) is 0 Å². The molecule has 7 heteroatoms. The number of nitrogens with one attached hydrogen (secondary N) is 1. The molecule has 1 amide bonds. The third-order valence-electron chi connectivity index (χ3n) is 4.78. The molecule has 0 saturated carbocycles. The Hall–Kier alpha value is -1.27. The summed E-state index contributed by atoms with van der Waals surface area (Å²) in [5.41, 5.74) is -0.181. The Bertz CT molecular complexity index is 559. The molecule has 0 aromatic heterocycles. The number of carbonyl (C=O) groups excluding carboxylic acids is 1. The zero-order valence-corrected chi connectivity index (χ0v) is 15.4. The molecular formula is C18H26ClF3N2O. The van der Waals surface area contributed by atoms with Crippen molar-refractivity contribution in [3.05, 3.63) is 35.4 Å². The van der Waals surface area contributed by atoms with E-state index in [1.54, 1.807) is 13.1 Å². The van der Waals surface area contributed by atoms with Crippen molar-refractivity contribution in [2.75, 3.05) is 20.1 Å². The standard InChI is InChI=1S/C18H25F3N2O.ClH/c1-13(15-6-8-22-9-7-15)10-17(24)23(2)12-14-4-3-5-16(11-14)18(19,20)21;/h3-5,11,13,15,22H,6-10,12H2,1-2H3;1H. The lowest BCUT2D eigenvalue weighted by Crippen LogP contribution is -2.34. The second kappa shape index (κ2) is 9.43. The number of nitrogens with zero attached hydrogens (tertiary/aromatic N) is 1. The van der Waals surface area contributed by atoms with E-state index in [-0.39, 0.29) is 24.9 Å². The van der Waals surface area contributed by atoms with Crippen LogP contribution in [0, 0.1) is 11.8 Å². The summed E-state index contributed by atoms with van der Waals surface area (Å²) < 4.78 is 38.3. The van der Waals surface area contributed by atoms with Crippen LogP contribution in [0.5, 0.6) is 0 Å². The van der Waals surface area contributed by atoms with Gasteiger partial charge in [0.1, 0.15) is 0 Å². The smallest absolute Gasteiger partial charge is 0.341 e. The maximum atomic E-state index is 12.8. The van der Waals surface area contributed by atoms with Gasteiger partial charge in [-0.15, -0.1) is 12.4 Å². The molecule has 0 bridgehead atoms. The number of amides is 1. The monoisotopic (exact) mass is 378 g/mol. The highest BCUT2D eigenvalue weighted by Gasteiger charge is 2.30. The Morgan fingerprint density at radius 2 is 1.96 bits per heavy atom. The maximum Gasteiger partial charge on any atom is 0.416 e. The van der Waals surface area contributed by atoms with Crippen LogP contribution < -0.4 is 5.32 Å². The van der Waals surface area contributed by atoms with Crippen molar-refractivity contribution in [3.63, 3.8) is 0 Å². The quantitative estimate of drug-likeness (QED) is 0.836. The van der Waals surface area contributed by atoms with E-state index in [1.807, 2.05) is 0 Å². The van der Waals surface area contributed by atoms with Gasteiger partial charge in [-0.3, -0.25) is 4.79 Å². The minimum absolute atomic E-state index is 0. The molecule has 1 saturated heterocycles. The number of hydrogen-bond acceptors (Lipinski definition) is 2. The van der Waals surface area contributed by atoms with Gasteiger partial charge in [-0.05, 0) is 55.5 Å². The summed E-state index contributed by atoms with van der Waals surface area (Å²) >= 11 is 0. The van der Waals surface area contributed by atoms with Gasteiger partial charge in [0.2, 0.25) is 5.91 Å². The van der Waals surface area contributed by atoms with E-state index >= 15 is 0 Å². The maximum absolute atomic E-state index is 12.8. The molecular weight excluding hydrogens is 353 g/mol. The number of hydrogen-bond donors (Lipinski definition) is 1. The van der Waals surface area contributed by atoms with Gasteiger partial charge < -0.3 is 10.2 Å². The normalized spacial score (nSPS) is 16.8. The van der Waals surface area contributed by atoms with Gasteiger partial charge in [0.25, 0.3) is 0 Å². The van der Waals surface area contributed by atoms with Gasteiger partial charge in [-0.25, -0.2) is 0 Å². The van der Waals surface area contributed by atoms with Crippen molar-refractivity contribution >= 4 is 18.3 Å². The number of carbonyl (C=O) groups is 1. The minimum atomic E-state index is -4.36. The molecule has 1 aliphatic heterocycles. The van der Waals surface area contributed by atoms with Crippen molar-refractivity contribution in [2.45, 2.75) is 38.9 Å². The number of halogens is 4. The summed E-state index contributed by atoms with van der Waals surface area (Å²) in [5.74, 6) is 0.819. The molecule has 1 N–H and O–H groups in total. The summed E-state index contributed by atoms with van der Waals surface area (Å²) in [6, 6.07) is 5.16. The van der Waals surface area contributed by atoms with E-state index in [0.717, 1.165) is 38.1 Å². The number of piperidine rings is 1. The predicted molar refractivity (Wildman–Crippen MR) is 94.5 cm³/mol. The molecule has 1 heterocycles. The summed E-state index contributed by atoms with van der Waals surface area (Å²) in [6.07, 6.45) is -1.76. The van der Waals surface area contributed by atoms with Crippen LogP contribution in [-0.4, -0.2) is 30.9 Å². The number of alkyl halides is 3. The Labute approximate surface area is 153 Å². The minimum Gasteiger partial charge on any atom is -0.341 e. The molecule has 1 fully saturated rings. The van der Waals surface area contributed by atoms with E-state index < -0.39 is 11.7 Å². The SMILES string of the molecule is CC(CC(=O)N(C)Cc1cccc(C(F)(F)F)c1)C1CCNCC1.Cl. The van der Waals surface area contributed by atoms with Crippen LogP contribution in [-0.2, 0) is 17.5 Å². The Kier molecular flexibility index (Phi) is 8.22. The zero-order valence-electron chi connectivity index (χ0n) is 14.6. The van der Waals surface area contributed by atoms with Gasteiger partial charge in [0, 0.05) is 20.0 Å². The third kappa shape index (κ3) is 6.51. The van der Waals surface area contributed by atoms with Crippen LogP contribution in [0.1, 0.15) is 37.3 Å². The van der Waals surface area contributed by atoms with Crippen molar-refractivity contribution < 1.29 is 18.0 Å². The van der Waals surface area contributed by atoms with Crippen molar-refractivity contribution in [1.29, 1.82) is 0 Å². The van der Waals surface area contributed by atoms with Crippen LogP contribution in [0.15, 0.2) is 24.3 Å². The molecule has 0 radical (unpaired) electrons. The second-order valence-electron chi connectivity index (χ2n) is 6.72. The van der Waals surface area contributed by atoms with E-state index in [2.05, 4.69) is 12.2 Å². The summed E-state index contributed by atoms with van der Waals surface area (Å²) in [7, 11) is 1.65. The lowest BCUT2D eigenvalue weighted by atomic mass is 9.84. The topological polar surface area (TPSA) is 32.3 Å². The molecule has 1 unspecified atom stereocenters. The Morgan fingerprint density at radius 3 is 2.56 bits per heavy atom.